The molecule has 0 radical (unpaired) electrons. The number of halogens is 3. The Morgan fingerprint density at radius 2 is 1.58 bits per heavy atom. The molecule has 1 aromatic carbocycles. The summed E-state index contributed by atoms with van der Waals surface area (Å²) < 4.78 is 0. The molecule has 0 unspecified atom stereocenters. The van der Waals surface area contributed by atoms with E-state index in [2.05, 4.69) is 20.6 Å². The van der Waals surface area contributed by atoms with Gasteiger partial charge in [-0.3, -0.25) is 14.6 Å². The fourth-order valence-corrected chi connectivity index (χ4v) is 3.56. The Hall–Kier alpha value is -3.46. The van der Waals surface area contributed by atoms with Crippen LogP contribution in [0.4, 0.5) is 5.69 Å². The van der Waals surface area contributed by atoms with Crippen molar-refractivity contribution in [1.82, 2.24) is 15.3 Å². The molecular formula is C22H15Cl3N4O4. The molecule has 3 rings (SSSR count). The number of pyridine rings is 2. The Morgan fingerprint density at radius 1 is 0.939 bits per heavy atom. The molecule has 8 nitrogen and oxygen atoms in total. The average Bonchev–Trinajstić information content (AvgIpc) is 2.77. The smallest absolute Gasteiger partial charge is 0.352 e. The molecule has 33 heavy (non-hydrogen) atoms. The maximum Gasteiger partial charge on any atom is 0.352 e. The summed E-state index contributed by atoms with van der Waals surface area (Å²) in [7, 11) is 0. The van der Waals surface area contributed by atoms with Crippen LogP contribution in [0.2, 0.25) is 15.2 Å². The fraction of sp³-hybridized carbons (Fsp3) is 0.0455. The van der Waals surface area contributed by atoms with Gasteiger partial charge in [0.2, 0.25) is 0 Å². The molecule has 3 aromatic rings. The number of allylic oxidation sites excluding steroid dienone is 1. The molecule has 0 spiro atoms. The van der Waals surface area contributed by atoms with Gasteiger partial charge in [-0.2, -0.15) is 0 Å². The van der Waals surface area contributed by atoms with Gasteiger partial charge < -0.3 is 15.7 Å². The Balaban J connectivity index is 1.82. The van der Waals surface area contributed by atoms with E-state index < -0.39 is 17.8 Å². The van der Waals surface area contributed by atoms with Gasteiger partial charge in [-0.15, -0.1) is 0 Å². The second-order valence-corrected chi connectivity index (χ2v) is 7.78. The zero-order valence-corrected chi connectivity index (χ0v) is 19.2. The van der Waals surface area contributed by atoms with E-state index in [1.54, 1.807) is 31.2 Å². The van der Waals surface area contributed by atoms with Crippen molar-refractivity contribution in [2.45, 2.75) is 6.92 Å². The van der Waals surface area contributed by atoms with Crippen LogP contribution in [0.15, 0.2) is 60.7 Å². The number of anilines is 1. The number of rotatable bonds is 6. The van der Waals surface area contributed by atoms with Gasteiger partial charge in [0.05, 0.1) is 21.2 Å². The molecule has 0 aliphatic heterocycles. The molecule has 11 heteroatoms. The quantitative estimate of drug-likeness (QED) is 0.322. The molecule has 2 heterocycles. The summed E-state index contributed by atoms with van der Waals surface area (Å²) in [6.45, 7) is 1.54. The number of hydrogen-bond acceptors (Lipinski definition) is 5. The van der Waals surface area contributed by atoms with Crippen LogP contribution in [0.5, 0.6) is 0 Å². The van der Waals surface area contributed by atoms with E-state index in [0.717, 1.165) is 0 Å². The van der Waals surface area contributed by atoms with E-state index in [1.807, 2.05) is 0 Å². The van der Waals surface area contributed by atoms with Crippen LogP contribution in [-0.2, 0) is 4.79 Å². The number of nitrogens with one attached hydrogen (secondary N) is 2. The summed E-state index contributed by atoms with van der Waals surface area (Å²) in [5, 5.41) is 14.8. The largest absolute Gasteiger partial charge is 0.477 e. The minimum absolute atomic E-state index is 0.0391. The van der Waals surface area contributed by atoms with Crippen molar-refractivity contribution < 1.29 is 19.5 Å². The summed E-state index contributed by atoms with van der Waals surface area (Å²) in [5.41, 5.74) is 1.00. The molecule has 0 aliphatic carbocycles. The summed E-state index contributed by atoms with van der Waals surface area (Å²) in [6.07, 6.45) is 4.02. The zero-order chi connectivity index (χ0) is 24.1. The first-order chi connectivity index (χ1) is 15.7. The van der Waals surface area contributed by atoms with Crippen LogP contribution in [0.25, 0.3) is 5.57 Å². The highest BCUT2D eigenvalue weighted by molar-refractivity contribution is 6.40. The van der Waals surface area contributed by atoms with Crippen LogP contribution in [0.1, 0.15) is 33.2 Å². The number of carboxylic acid groups (broad SMARTS) is 1. The van der Waals surface area contributed by atoms with Crippen LogP contribution in [0, 0.1) is 0 Å². The van der Waals surface area contributed by atoms with Gasteiger partial charge in [0, 0.05) is 24.3 Å². The van der Waals surface area contributed by atoms with E-state index in [4.69, 9.17) is 34.8 Å². The van der Waals surface area contributed by atoms with Gasteiger partial charge >= 0.3 is 5.97 Å². The topological polar surface area (TPSA) is 121 Å². The lowest BCUT2D eigenvalue weighted by atomic mass is 10.0. The van der Waals surface area contributed by atoms with Gasteiger partial charge in [-0.1, -0.05) is 46.9 Å². The Labute approximate surface area is 203 Å². The van der Waals surface area contributed by atoms with Crippen molar-refractivity contribution in [3.63, 3.8) is 0 Å². The summed E-state index contributed by atoms with van der Waals surface area (Å²) in [6, 6.07) is 9.26. The second-order valence-electron chi connectivity index (χ2n) is 6.61. The molecule has 0 aliphatic rings. The van der Waals surface area contributed by atoms with Gasteiger partial charge in [0.15, 0.2) is 0 Å². The second kappa shape index (κ2) is 10.4. The molecule has 0 fully saturated rings. The van der Waals surface area contributed by atoms with Gasteiger partial charge in [0.1, 0.15) is 10.9 Å². The van der Waals surface area contributed by atoms with Crippen molar-refractivity contribution in [2.75, 3.05) is 5.32 Å². The van der Waals surface area contributed by atoms with E-state index in [9.17, 15) is 19.5 Å². The van der Waals surface area contributed by atoms with E-state index in [0.29, 0.717) is 11.3 Å². The predicted octanol–water partition coefficient (Wildman–Crippen LogP) is 4.93. The molecule has 168 valence electrons. The lowest BCUT2D eigenvalue weighted by Crippen LogP contribution is -2.28. The number of aliphatic carboxylic acids is 1. The maximum absolute atomic E-state index is 12.5. The molecule has 2 amide bonds. The van der Waals surface area contributed by atoms with Crippen molar-refractivity contribution in [2.24, 2.45) is 0 Å². The Kier molecular flexibility index (Phi) is 7.65. The predicted molar refractivity (Wildman–Crippen MR) is 126 cm³/mol. The number of benzene rings is 1. The van der Waals surface area contributed by atoms with Gasteiger partial charge in [0.25, 0.3) is 11.8 Å². The minimum Gasteiger partial charge on any atom is -0.477 e. The number of carboxylic acids is 1. The van der Waals surface area contributed by atoms with Gasteiger partial charge in [-0.05, 0) is 42.3 Å². The number of aromatic nitrogens is 2. The Bertz CT molecular complexity index is 1260. The third-order valence-electron chi connectivity index (χ3n) is 4.49. The third-order valence-corrected chi connectivity index (χ3v) is 5.36. The minimum atomic E-state index is -1.33. The van der Waals surface area contributed by atoms with Crippen LogP contribution >= 0.6 is 34.8 Å². The van der Waals surface area contributed by atoms with E-state index in [-0.39, 0.29) is 37.6 Å². The lowest BCUT2D eigenvalue weighted by Gasteiger charge is -2.12. The monoisotopic (exact) mass is 504 g/mol. The number of amides is 2. The third kappa shape index (κ3) is 5.67. The molecule has 0 saturated carbocycles. The highest BCUT2D eigenvalue weighted by Crippen LogP contribution is 2.25. The number of hydrogen-bond donors (Lipinski definition) is 3. The van der Waals surface area contributed by atoms with E-state index in [1.165, 1.54) is 30.7 Å². The molecular weight excluding hydrogens is 491 g/mol. The summed E-state index contributed by atoms with van der Waals surface area (Å²) in [4.78, 5) is 44.4. The standard InChI is InChI=1S/C22H15Cl3N4O4/c1-11(18(22(32)33)29-20(30)14-3-2-8-27-19(14)25)12-4-6-13(7-5-12)28-21(31)17-15(23)9-26-10-16(17)24/h2-10H,1H3,(H,28,31)(H,29,30)(H,32,33). The van der Waals surface area contributed by atoms with Crippen LogP contribution < -0.4 is 10.6 Å². The highest BCUT2D eigenvalue weighted by Gasteiger charge is 2.20. The molecule has 2 aromatic heterocycles. The summed E-state index contributed by atoms with van der Waals surface area (Å²) in [5.74, 6) is -2.57. The van der Waals surface area contributed by atoms with Crippen molar-refractivity contribution in [1.29, 1.82) is 0 Å². The van der Waals surface area contributed by atoms with Gasteiger partial charge in [-0.25, -0.2) is 9.78 Å². The van der Waals surface area contributed by atoms with Crippen LogP contribution in [0.3, 0.4) is 0 Å². The summed E-state index contributed by atoms with van der Waals surface area (Å²) >= 11 is 17.9. The average molecular weight is 506 g/mol. The van der Waals surface area contributed by atoms with Crippen molar-refractivity contribution in [3.05, 3.63) is 92.6 Å². The highest BCUT2D eigenvalue weighted by atomic mass is 35.5. The molecule has 0 atom stereocenters. The SMILES string of the molecule is CC(=C(NC(=O)c1cccnc1Cl)C(=O)O)c1ccc(NC(=O)c2c(Cl)cncc2Cl)cc1. The first-order valence-electron chi connectivity index (χ1n) is 9.26. The van der Waals surface area contributed by atoms with Crippen molar-refractivity contribution >= 4 is 63.8 Å². The molecule has 3 N–H and O–H groups in total. The number of carbonyl (C=O) groups is 3. The first-order valence-corrected chi connectivity index (χ1v) is 10.4. The van der Waals surface area contributed by atoms with E-state index >= 15 is 0 Å². The molecule has 0 bridgehead atoms. The maximum atomic E-state index is 12.5. The Morgan fingerprint density at radius 3 is 2.15 bits per heavy atom. The first kappa shape index (κ1) is 24.2. The number of carbonyl (C=O) groups excluding carboxylic acids is 2. The lowest BCUT2D eigenvalue weighted by molar-refractivity contribution is -0.132. The normalized spacial score (nSPS) is 11.4. The fourth-order valence-electron chi connectivity index (χ4n) is 2.81. The molecule has 0 saturated heterocycles. The van der Waals surface area contributed by atoms with Crippen LogP contribution in [-0.4, -0.2) is 32.9 Å². The van der Waals surface area contributed by atoms with Crippen molar-refractivity contribution in [3.8, 4) is 0 Å². The number of nitrogens with zero attached hydrogens (tertiary/aromatic N) is 2. The zero-order valence-electron chi connectivity index (χ0n) is 16.9.